The van der Waals surface area contributed by atoms with Crippen molar-refractivity contribution in [1.82, 2.24) is 0 Å². The van der Waals surface area contributed by atoms with Crippen LogP contribution in [0.4, 0.5) is 34.1 Å². The third-order valence-corrected chi connectivity index (χ3v) is 20.9. The van der Waals surface area contributed by atoms with Gasteiger partial charge in [0.05, 0.1) is 22.7 Å². The van der Waals surface area contributed by atoms with Crippen LogP contribution in [-0.4, -0.2) is 0 Å². The zero-order chi connectivity index (χ0) is 61.1. The summed E-state index contributed by atoms with van der Waals surface area (Å²) in [4.78, 5) is 5.14. The normalized spacial score (nSPS) is 14.4. The van der Waals surface area contributed by atoms with Gasteiger partial charge in [0.25, 0.3) is 0 Å². The second-order valence-corrected chi connectivity index (χ2v) is 27.5. The standard InChI is InChI=1S/C86H80N2O2/c1-51(2)55-37-41-59(42-38-55)87(77-35-19-33-71-69-31-17-29-67(83(69)89-85(71)77)63-27-15-13-25-61(63)53(5)6)79-49-75(57-21-9-10-22-57)65-46-48-74-80(50-76(58-23-11-12-24-58)66-45-47-73(79)81(65)82(66)74)88(60-43-39-56(40-44-60)52(3)4)78-36-20-34-72-70-32-18-30-68(84(70)90-86(72)78)64-28-16-14-26-62(64)54(7)8/h13-20,25-54,57-58H,9-12,21-24H2,1-8H3. The number of para-hydroxylation sites is 4. The molecule has 0 N–H and O–H groups in total. The summed E-state index contributed by atoms with van der Waals surface area (Å²) in [6.07, 6.45) is 9.67. The van der Waals surface area contributed by atoms with Crippen LogP contribution in [0.15, 0.2) is 215 Å². The van der Waals surface area contributed by atoms with E-state index in [2.05, 4.69) is 271 Å². The molecular formula is C86H80N2O2. The van der Waals surface area contributed by atoms with Gasteiger partial charge in [-0.25, -0.2) is 0 Å². The van der Waals surface area contributed by atoms with Crippen molar-refractivity contribution in [2.75, 3.05) is 9.80 Å². The van der Waals surface area contributed by atoms with Crippen molar-refractivity contribution in [1.29, 1.82) is 0 Å². The second-order valence-electron chi connectivity index (χ2n) is 27.5. The van der Waals surface area contributed by atoms with E-state index in [1.54, 1.807) is 0 Å². The van der Waals surface area contributed by atoms with Crippen molar-refractivity contribution in [2.45, 2.75) is 142 Å². The van der Waals surface area contributed by atoms with Gasteiger partial charge in [-0.05, 0) is 176 Å². The molecule has 4 heteroatoms. The fraction of sp³-hybridized carbons (Fsp3) is 0.256. The minimum absolute atomic E-state index is 0.354. The summed E-state index contributed by atoms with van der Waals surface area (Å²) in [6.45, 7) is 18.3. The minimum Gasteiger partial charge on any atom is -0.453 e. The Kier molecular flexibility index (Phi) is 14.0. The Hall–Kier alpha value is -9.12. The first-order valence-corrected chi connectivity index (χ1v) is 33.6. The summed E-state index contributed by atoms with van der Waals surface area (Å²) in [5, 5.41) is 12.4. The van der Waals surface area contributed by atoms with Gasteiger partial charge < -0.3 is 18.6 Å². The summed E-state index contributed by atoms with van der Waals surface area (Å²) in [7, 11) is 0. The number of fused-ring (bicyclic) bond motifs is 6. The van der Waals surface area contributed by atoms with Crippen LogP contribution < -0.4 is 9.80 Å². The highest BCUT2D eigenvalue weighted by Gasteiger charge is 2.32. The lowest BCUT2D eigenvalue weighted by Crippen LogP contribution is -2.14. The highest BCUT2D eigenvalue weighted by atomic mass is 16.3. The van der Waals surface area contributed by atoms with Crippen LogP contribution in [0, 0.1) is 0 Å². The number of rotatable bonds is 14. The van der Waals surface area contributed by atoms with Crippen molar-refractivity contribution < 1.29 is 8.83 Å². The Labute approximate surface area is 530 Å². The molecule has 2 fully saturated rings. The Morgan fingerprint density at radius 3 is 1.02 bits per heavy atom. The molecule has 2 saturated carbocycles. The predicted molar refractivity (Wildman–Crippen MR) is 384 cm³/mol. The molecule has 0 saturated heterocycles. The van der Waals surface area contributed by atoms with Gasteiger partial charge in [-0.3, -0.25) is 0 Å². The van der Waals surface area contributed by atoms with E-state index >= 15 is 0 Å². The molecule has 2 aliphatic carbocycles. The number of anilines is 6. The first-order chi connectivity index (χ1) is 44.0. The van der Waals surface area contributed by atoms with Gasteiger partial charge in [0.15, 0.2) is 11.2 Å². The summed E-state index contributed by atoms with van der Waals surface area (Å²) in [5.41, 5.74) is 23.2. The molecule has 14 aromatic rings. The van der Waals surface area contributed by atoms with Gasteiger partial charge in [-0.2, -0.15) is 0 Å². The van der Waals surface area contributed by atoms with Gasteiger partial charge in [0.2, 0.25) is 0 Å². The largest absolute Gasteiger partial charge is 0.453 e. The summed E-state index contributed by atoms with van der Waals surface area (Å²) in [6, 6.07) is 78.9. The van der Waals surface area contributed by atoms with Crippen LogP contribution in [0.2, 0.25) is 0 Å². The molecule has 0 amide bonds. The average Bonchev–Trinajstić information content (AvgIpc) is 0.768. The summed E-state index contributed by atoms with van der Waals surface area (Å²) >= 11 is 0. The molecule has 0 spiro atoms. The Morgan fingerprint density at radius 2 is 0.644 bits per heavy atom. The second kappa shape index (κ2) is 22.4. The molecule has 0 aliphatic heterocycles. The van der Waals surface area contributed by atoms with Gasteiger partial charge in [-0.1, -0.05) is 239 Å². The van der Waals surface area contributed by atoms with Crippen molar-refractivity contribution in [3.63, 3.8) is 0 Å². The summed E-state index contributed by atoms with van der Waals surface area (Å²) < 4.78 is 15.0. The number of hydrogen-bond donors (Lipinski definition) is 0. The molecule has 4 nitrogen and oxygen atoms in total. The van der Waals surface area contributed by atoms with Crippen molar-refractivity contribution in [3.05, 3.63) is 240 Å². The molecule has 90 heavy (non-hydrogen) atoms. The topological polar surface area (TPSA) is 32.8 Å². The monoisotopic (exact) mass is 1170 g/mol. The van der Waals surface area contributed by atoms with Crippen LogP contribution in [0.1, 0.15) is 176 Å². The predicted octanol–water partition coefficient (Wildman–Crippen LogP) is 26.5. The lowest BCUT2D eigenvalue weighted by Gasteiger charge is -2.32. The van der Waals surface area contributed by atoms with Gasteiger partial charge in [0.1, 0.15) is 11.2 Å². The molecule has 0 atom stereocenters. The van der Waals surface area contributed by atoms with E-state index < -0.39 is 0 Å². The molecule has 0 bridgehead atoms. The number of benzene rings is 12. The van der Waals surface area contributed by atoms with Crippen LogP contribution in [0.25, 0.3) is 98.4 Å². The molecule has 12 aromatic carbocycles. The van der Waals surface area contributed by atoms with Gasteiger partial charge >= 0.3 is 0 Å². The van der Waals surface area contributed by atoms with E-state index in [1.807, 2.05) is 0 Å². The third kappa shape index (κ3) is 9.13. The van der Waals surface area contributed by atoms with Crippen LogP contribution in [-0.2, 0) is 0 Å². The maximum atomic E-state index is 7.50. The molecule has 2 aromatic heterocycles. The van der Waals surface area contributed by atoms with E-state index in [1.165, 1.54) is 140 Å². The molecule has 2 heterocycles. The highest BCUT2D eigenvalue weighted by Crippen LogP contribution is 2.56. The fourth-order valence-corrected chi connectivity index (χ4v) is 16.2. The lowest BCUT2D eigenvalue weighted by molar-refractivity contribution is 0.669. The Bertz CT molecular complexity index is 4720. The van der Waals surface area contributed by atoms with E-state index in [0.717, 1.165) is 77.8 Å². The number of furan rings is 2. The Balaban J connectivity index is 0.995. The Morgan fingerprint density at radius 1 is 0.300 bits per heavy atom. The SMILES string of the molecule is CC(C)c1ccc(N(c2cc(C3CCCC3)c3ccc4c(N(c5ccc(C(C)C)cc5)c5cccc6c5oc5c(-c7ccccc7C(C)C)cccc56)cc(C5CCCC5)c5ccc2c3c54)c2cccc3c2oc2c(-c4ccccc4C(C)C)cccc23)cc1. The van der Waals surface area contributed by atoms with Gasteiger partial charge in [-0.15, -0.1) is 0 Å². The molecule has 0 unspecified atom stereocenters. The first kappa shape index (κ1) is 56.1. The first-order valence-electron chi connectivity index (χ1n) is 33.6. The minimum atomic E-state index is 0.354. The van der Waals surface area contributed by atoms with E-state index in [-0.39, 0.29) is 0 Å². The third-order valence-electron chi connectivity index (χ3n) is 20.9. The smallest absolute Gasteiger partial charge is 0.159 e. The van der Waals surface area contributed by atoms with Crippen molar-refractivity contribution in [3.8, 4) is 22.3 Å². The van der Waals surface area contributed by atoms with Crippen molar-refractivity contribution >= 4 is 110 Å². The number of nitrogens with zero attached hydrogens (tertiary/aromatic N) is 2. The number of hydrogen-bond acceptors (Lipinski definition) is 4. The fourth-order valence-electron chi connectivity index (χ4n) is 16.2. The zero-order valence-electron chi connectivity index (χ0n) is 53.5. The summed E-state index contributed by atoms with van der Waals surface area (Å²) in [5.74, 6) is 2.34. The van der Waals surface area contributed by atoms with Crippen LogP contribution >= 0.6 is 0 Å². The molecule has 2 aliphatic rings. The molecular weight excluding hydrogens is 1090 g/mol. The molecule has 0 radical (unpaired) electrons. The quantitative estimate of drug-likeness (QED) is 0.102. The van der Waals surface area contributed by atoms with Gasteiger partial charge in [0, 0.05) is 54.8 Å². The van der Waals surface area contributed by atoms with E-state index in [9.17, 15) is 0 Å². The zero-order valence-corrected chi connectivity index (χ0v) is 53.5. The lowest BCUT2D eigenvalue weighted by atomic mass is 9.82. The maximum Gasteiger partial charge on any atom is 0.159 e. The van der Waals surface area contributed by atoms with Crippen molar-refractivity contribution in [2.24, 2.45) is 0 Å². The maximum absolute atomic E-state index is 7.50. The van der Waals surface area contributed by atoms with E-state index in [0.29, 0.717) is 35.5 Å². The molecule has 16 rings (SSSR count). The average molecular weight is 1170 g/mol. The van der Waals surface area contributed by atoms with Crippen LogP contribution in [0.3, 0.4) is 0 Å². The van der Waals surface area contributed by atoms with E-state index in [4.69, 9.17) is 8.83 Å². The highest BCUT2D eigenvalue weighted by molar-refractivity contribution is 6.30. The van der Waals surface area contributed by atoms with Crippen LogP contribution in [0.5, 0.6) is 0 Å². The molecule has 446 valence electrons.